The second-order valence-electron chi connectivity index (χ2n) is 8.79. The lowest BCUT2D eigenvalue weighted by Gasteiger charge is -2.10. The summed E-state index contributed by atoms with van der Waals surface area (Å²) in [5.74, 6) is 1.28. The van der Waals surface area contributed by atoms with Crippen molar-refractivity contribution in [1.82, 2.24) is 14.0 Å². The fraction of sp³-hybridized carbons (Fsp3) is 0.0323. The van der Waals surface area contributed by atoms with Gasteiger partial charge >= 0.3 is 0 Å². The number of para-hydroxylation sites is 2. The maximum absolute atomic E-state index is 6.30. The molecule has 0 bridgehead atoms. The van der Waals surface area contributed by atoms with Crippen molar-refractivity contribution in [3.05, 3.63) is 122 Å². The van der Waals surface area contributed by atoms with Crippen LogP contribution >= 0.6 is 0 Å². The Morgan fingerprint density at radius 1 is 0.778 bits per heavy atom. The number of hydrogen-bond donors (Lipinski definition) is 0. The molecule has 0 saturated heterocycles. The zero-order chi connectivity index (χ0) is 24.1. The van der Waals surface area contributed by atoms with E-state index in [2.05, 4.69) is 69.8 Å². The largest absolute Gasteiger partial charge is 0.440 e. The van der Waals surface area contributed by atoms with Gasteiger partial charge in [0.1, 0.15) is 11.4 Å². The second-order valence-corrected chi connectivity index (χ2v) is 8.79. The molecule has 0 N–H and O–H groups in total. The van der Waals surface area contributed by atoms with Gasteiger partial charge in [-0.05, 0) is 42.5 Å². The van der Waals surface area contributed by atoms with Gasteiger partial charge in [-0.15, -0.1) is 6.07 Å². The quantitative estimate of drug-likeness (QED) is 0.219. The molecule has 0 unspecified atom stereocenters. The summed E-state index contributed by atoms with van der Waals surface area (Å²) in [6.45, 7) is 0. The molecule has 0 atom stereocenters. The minimum Gasteiger partial charge on any atom is -0.440 e. The van der Waals surface area contributed by atoms with Crippen molar-refractivity contribution in [2.75, 3.05) is 0 Å². The molecule has 4 aromatic heterocycles. The zero-order valence-electron chi connectivity index (χ0n) is 19.7. The van der Waals surface area contributed by atoms with Gasteiger partial charge in [-0.1, -0.05) is 60.2 Å². The number of hydrogen-bond acceptors (Lipinski definition) is 2. The Morgan fingerprint density at radius 3 is 2.53 bits per heavy atom. The number of pyridine rings is 2. The van der Waals surface area contributed by atoms with Gasteiger partial charge in [0.25, 0.3) is 0 Å². The van der Waals surface area contributed by atoms with Crippen LogP contribution in [0.2, 0.25) is 0 Å². The summed E-state index contributed by atoms with van der Waals surface area (Å²) in [7, 11) is 2.00. The Balaban J connectivity index is 1.33. The van der Waals surface area contributed by atoms with E-state index < -0.39 is 0 Å². The number of ether oxygens (including phenoxy) is 1. The fourth-order valence-corrected chi connectivity index (χ4v) is 4.92. The van der Waals surface area contributed by atoms with Gasteiger partial charge < -0.3 is 9.30 Å². The highest BCUT2D eigenvalue weighted by Gasteiger charge is 2.14. The molecule has 7 rings (SSSR count). The topological polar surface area (TPSA) is 35.3 Å². The van der Waals surface area contributed by atoms with Crippen LogP contribution in [0.25, 0.3) is 44.5 Å². The molecule has 0 fully saturated rings. The average Bonchev–Trinajstić information content (AvgIpc) is 3.44. The van der Waals surface area contributed by atoms with Crippen molar-refractivity contribution in [1.29, 1.82) is 0 Å². The third-order valence-corrected chi connectivity index (χ3v) is 6.54. The first kappa shape index (κ1) is 20.5. The summed E-state index contributed by atoms with van der Waals surface area (Å²) < 4.78 is 12.6. The van der Waals surface area contributed by atoms with Gasteiger partial charge in [-0.2, -0.15) is 4.98 Å². The molecular weight excluding hydrogens is 444 g/mol. The Kier molecular flexibility index (Phi) is 4.61. The maximum atomic E-state index is 6.30. The number of benzene rings is 3. The predicted octanol–water partition coefficient (Wildman–Crippen LogP) is 6.52. The van der Waals surface area contributed by atoms with Crippen molar-refractivity contribution in [3.63, 3.8) is 0 Å². The first-order valence-electron chi connectivity index (χ1n) is 11.9. The summed E-state index contributed by atoms with van der Waals surface area (Å²) in [5, 5.41) is 2.26. The first-order valence-corrected chi connectivity index (χ1v) is 11.9. The van der Waals surface area contributed by atoms with E-state index in [1.54, 1.807) is 0 Å². The Labute approximate surface area is 208 Å². The average molecular weight is 467 g/mol. The monoisotopic (exact) mass is 466 g/mol. The van der Waals surface area contributed by atoms with Crippen LogP contribution in [0.15, 0.2) is 115 Å². The lowest BCUT2D eigenvalue weighted by Crippen LogP contribution is -2.25. The van der Waals surface area contributed by atoms with Gasteiger partial charge in [-0.25, -0.2) is 0 Å². The van der Waals surface area contributed by atoms with Crippen molar-refractivity contribution in [2.45, 2.75) is 0 Å². The third kappa shape index (κ3) is 3.25. The highest BCUT2D eigenvalue weighted by Crippen LogP contribution is 2.33. The zero-order valence-corrected chi connectivity index (χ0v) is 19.7. The van der Waals surface area contributed by atoms with E-state index in [1.807, 2.05) is 72.4 Å². The molecule has 0 aliphatic heterocycles. The Hall–Kier alpha value is -4.90. The van der Waals surface area contributed by atoms with Crippen LogP contribution in [-0.2, 0) is 7.05 Å². The minimum atomic E-state index is 0.550. The lowest BCUT2D eigenvalue weighted by atomic mass is 10.1. The summed E-state index contributed by atoms with van der Waals surface area (Å²) in [5.41, 5.74) is 6.13. The molecule has 4 heterocycles. The van der Waals surface area contributed by atoms with Crippen molar-refractivity contribution < 1.29 is 9.30 Å². The number of aromatic nitrogens is 4. The fourth-order valence-electron chi connectivity index (χ4n) is 4.92. The molecule has 0 radical (unpaired) electrons. The molecule has 0 amide bonds. The summed E-state index contributed by atoms with van der Waals surface area (Å²) in [6, 6.07) is 36.9. The van der Waals surface area contributed by atoms with Crippen LogP contribution in [0.3, 0.4) is 0 Å². The number of fused-ring (bicyclic) bond motifs is 4. The molecular formula is C31H22N4O. The number of imidazole rings is 1. The summed E-state index contributed by atoms with van der Waals surface area (Å²) in [6.07, 6.45) is 5.48. The molecule has 0 aliphatic carbocycles. The molecule has 0 spiro atoms. The number of rotatable bonds is 4. The molecule has 36 heavy (non-hydrogen) atoms. The number of aryl methyl sites for hydroxylation is 1. The first-order chi connectivity index (χ1) is 17.8. The standard InChI is InChI=1S/C31H22N4O/c1-33-21-28(34-19-8-7-16-30(33)34)22-10-9-13-24(20-22)36-29-18-17-26-25-14-5-6-15-27(25)35(31(26)32-29)23-11-3-2-4-12-23/h2-20H,1H3. The molecule has 0 saturated carbocycles. The smallest absolute Gasteiger partial charge is 0.221 e. The van der Waals surface area contributed by atoms with Gasteiger partial charge in [0.15, 0.2) is 5.65 Å². The van der Waals surface area contributed by atoms with E-state index in [4.69, 9.17) is 9.72 Å². The Bertz CT molecular complexity index is 1880. The van der Waals surface area contributed by atoms with Gasteiger partial charge in [-0.3, -0.25) is 8.97 Å². The van der Waals surface area contributed by atoms with Crippen molar-refractivity contribution in [2.24, 2.45) is 7.05 Å². The van der Waals surface area contributed by atoms with E-state index in [1.165, 1.54) is 5.39 Å². The van der Waals surface area contributed by atoms with Crippen molar-refractivity contribution in [3.8, 4) is 28.6 Å². The lowest BCUT2D eigenvalue weighted by molar-refractivity contribution is -0.648. The minimum absolute atomic E-state index is 0.550. The Morgan fingerprint density at radius 2 is 1.61 bits per heavy atom. The van der Waals surface area contributed by atoms with Gasteiger partial charge in [0.05, 0.1) is 30.7 Å². The molecule has 0 aliphatic rings. The molecule has 5 nitrogen and oxygen atoms in total. The predicted molar refractivity (Wildman–Crippen MR) is 141 cm³/mol. The van der Waals surface area contributed by atoms with E-state index in [-0.39, 0.29) is 0 Å². The van der Waals surface area contributed by atoms with Crippen LogP contribution in [0.1, 0.15) is 0 Å². The second kappa shape index (κ2) is 8.10. The van der Waals surface area contributed by atoms with Gasteiger partial charge in [0, 0.05) is 22.5 Å². The molecule has 172 valence electrons. The van der Waals surface area contributed by atoms with E-state index in [9.17, 15) is 0 Å². The maximum Gasteiger partial charge on any atom is 0.221 e. The van der Waals surface area contributed by atoms with E-state index >= 15 is 0 Å². The van der Waals surface area contributed by atoms with E-state index in [0.717, 1.165) is 44.9 Å². The van der Waals surface area contributed by atoms with Crippen molar-refractivity contribution >= 4 is 27.6 Å². The van der Waals surface area contributed by atoms with Crippen LogP contribution in [0.5, 0.6) is 11.6 Å². The van der Waals surface area contributed by atoms with Crippen LogP contribution in [-0.4, -0.2) is 14.0 Å². The highest BCUT2D eigenvalue weighted by atomic mass is 16.5. The van der Waals surface area contributed by atoms with E-state index in [0.29, 0.717) is 5.88 Å². The molecule has 5 heteroatoms. The third-order valence-electron chi connectivity index (χ3n) is 6.54. The van der Waals surface area contributed by atoms with Crippen LogP contribution in [0.4, 0.5) is 0 Å². The van der Waals surface area contributed by atoms with Crippen LogP contribution in [0, 0.1) is 6.20 Å². The highest BCUT2D eigenvalue weighted by molar-refractivity contribution is 6.08. The van der Waals surface area contributed by atoms with Gasteiger partial charge in [0.2, 0.25) is 5.88 Å². The normalized spacial score (nSPS) is 11.5. The molecule has 3 aromatic carbocycles. The number of nitrogens with zero attached hydrogens (tertiary/aromatic N) is 4. The molecule has 7 aromatic rings. The summed E-state index contributed by atoms with van der Waals surface area (Å²) >= 11 is 0. The van der Waals surface area contributed by atoms with Crippen LogP contribution < -0.4 is 9.30 Å². The SMILES string of the molecule is C[n+]1[c-]c(-c2cccc(Oc3ccc4c5ccccc5n(-c5ccccc5)c4n3)c2)n2ccccc21. The summed E-state index contributed by atoms with van der Waals surface area (Å²) in [4.78, 5) is 4.96.